The number of carbonyl (C=O) groups is 1. The van der Waals surface area contributed by atoms with Gasteiger partial charge < -0.3 is 9.64 Å². The average Bonchev–Trinajstić information content (AvgIpc) is 3.01. The van der Waals surface area contributed by atoms with Gasteiger partial charge in [-0.25, -0.2) is 0 Å². The van der Waals surface area contributed by atoms with Crippen molar-refractivity contribution in [2.24, 2.45) is 23.2 Å². The van der Waals surface area contributed by atoms with Crippen LogP contribution in [0.4, 0.5) is 5.69 Å². The second kappa shape index (κ2) is 7.71. The Kier molecular flexibility index (Phi) is 5.17. The molecule has 1 aromatic rings. The van der Waals surface area contributed by atoms with Crippen LogP contribution < -0.4 is 4.90 Å². The first-order valence-corrected chi connectivity index (χ1v) is 11.8. The summed E-state index contributed by atoms with van der Waals surface area (Å²) in [5, 5.41) is 0. The Bertz CT molecular complexity index is 828. The highest BCUT2D eigenvalue weighted by molar-refractivity contribution is 5.75. The predicted molar refractivity (Wildman–Crippen MR) is 121 cm³/mol. The summed E-state index contributed by atoms with van der Waals surface area (Å²) in [5.74, 6) is 1.04. The fourth-order valence-electron chi connectivity index (χ4n) is 6.76. The lowest BCUT2D eigenvalue weighted by molar-refractivity contribution is -0.146. The summed E-state index contributed by atoms with van der Waals surface area (Å²) in [6.45, 7) is 13.9. The third-order valence-electron chi connectivity index (χ3n) is 8.51. The van der Waals surface area contributed by atoms with Gasteiger partial charge >= 0.3 is 5.97 Å². The second-order valence-corrected chi connectivity index (χ2v) is 10.5. The van der Waals surface area contributed by atoms with E-state index in [-0.39, 0.29) is 23.4 Å². The van der Waals surface area contributed by atoms with Gasteiger partial charge in [-0.1, -0.05) is 31.2 Å². The lowest BCUT2D eigenvalue weighted by Crippen LogP contribution is -2.50. The molecule has 2 saturated carbocycles. The number of anilines is 1. The number of hydrogen-bond donors (Lipinski definition) is 0. The van der Waals surface area contributed by atoms with Gasteiger partial charge in [-0.2, -0.15) is 0 Å². The van der Waals surface area contributed by atoms with E-state index in [0.29, 0.717) is 11.8 Å². The van der Waals surface area contributed by atoms with Crippen LogP contribution in [0.2, 0.25) is 0 Å². The zero-order chi connectivity index (χ0) is 20.9. The van der Waals surface area contributed by atoms with Crippen LogP contribution in [0.1, 0.15) is 44.6 Å². The first-order valence-electron chi connectivity index (χ1n) is 11.8. The highest BCUT2D eigenvalue weighted by Gasteiger charge is 2.55. The molecular weight excluding hydrogens is 372 g/mol. The molecule has 0 N–H and O–H groups in total. The van der Waals surface area contributed by atoms with E-state index in [2.05, 4.69) is 54.5 Å². The summed E-state index contributed by atoms with van der Waals surface area (Å²) in [7, 11) is 0. The molecule has 0 spiro atoms. The minimum absolute atomic E-state index is 0.0415. The van der Waals surface area contributed by atoms with Crippen LogP contribution in [0.3, 0.4) is 0 Å². The van der Waals surface area contributed by atoms with Crippen LogP contribution in [0.25, 0.3) is 0 Å². The molecule has 0 amide bonds. The molecule has 162 valence electrons. The molecule has 4 heteroatoms. The Balaban J connectivity index is 1.23. The van der Waals surface area contributed by atoms with E-state index >= 15 is 0 Å². The van der Waals surface area contributed by atoms with Gasteiger partial charge in [0.1, 0.15) is 6.10 Å². The van der Waals surface area contributed by atoms with E-state index in [4.69, 9.17) is 4.74 Å². The van der Waals surface area contributed by atoms with Crippen molar-refractivity contribution in [3.8, 4) is 0 Å². The van der Waals surface area contributed by atoms with E-state index < -0.39 is 0 Å². The molecule has 30 heavy (non-hydrogen) atoms. The van der Waals surface area contributed by atoms with Crippen molar-refractivity contribution in [1.82, 2.24) is 4.90 Å². The van der Waals surface area contributed by atoms with Gasteiger partial charge in [-0.05, 0) is 68.1 Å². The van der Waals surface area contributed by atoms with Crippen molar-refractivity contribution < 1.29 is 9.53 Å². The molecular formula is C26H36N2O2. The molecule has 2 aliphatic carbocycles. The maximum atomic E-state index is 12.8. The number of nitrogens with zero attached hydrogens (tertiary/aromatic N) is 2. The summed E-state index contributed by atoms with van der Waals surface area (Å²) in [4.78, 5) is 17.8. The Labute approximate surface area is 181 Å². The van der Waals surface area contributed by atoms with E-state index in [1.165, 1.54) is 29.7 Å². The second-order valence-electron chi connectivity index (χ2n) is 10.5. The summed E-state index contributed by atoms with van der Waals surface area (Å²) < 4.78 is 5.97. The topological polar surface area (TPSA) is 32.8 Å². The maximum absolute atomic E-state index is 12.8. The van der Waals surface area contributed by atoms with E-state index in [1.807, 2.05) is 0 Å². The van der Waals surface area contributed by atoms with Crippen LogP contribution in [-0.4, -0.2) is 49.7 Å². The van der Waals surface area contributed by atoms with Crippen LogP contribution in [0.15, 0.2) is 36.4 Å². The number of ether oxygens (including phenoxy) is 1. The third kappa shape index (κ3) is 3.57. The van der Waals surface area contributed by atoms with Gasteiger partial charge in [0.25, 0.3) is 0 Å². The number of hydrogen-bond acceptors (Lipinski definition) is 4. The molecule has 2 saturated heterocycles. The fraction of sp³-hybridized carbons (Fsp3) is 0.654. The minimum atomic E-state index is 0.0415. The fourth-order valence-corrected chi connectivity index (χ4v) is 6.76. The summed E-state index contributed by atoms with van der Waals surface area (Å²) in [6.07, 6.45) is 5.92. The quantitative estimate of drug-likeness (QED) is 0.547. The molecule has 0 aromatic heterocycles. The zero-order valence-corrected chi connectivity index (χ0v) is 18.6. The van der Waals surface area contributed by atoms with Gasteiger partial charge in [0.2, 0.25) is 0 Å². The predicted octanol–water partition coefficient (Wildman–Crippen LogP) is 4.43. The smallest absolute Gasteiger partial charge is 0.310 e. The van der Waals surface area contributed by atoms with Crippen molar-refractivity contribution >= 4 is 11.7 Å². The van der Waals surface area contributed by atoms with Crippen LogP contribution >= 0.6 is 0 Å². The first kappa shape index (κ1) is 20.1. The average molecular weight is 409 g/mol. The van der Waals surface area contributed by atoms with Crippen molar-refractivity contribution in [3.05, 3.63) is 42.0 Å². The number of fused-ring (bicyclic) bond motifs is 2. The summed E-state index contributed by atoms with van der Waals surface area (Å²) >= 11 is 0. The van der Waals surface area contributed by atoms with Gasteiger partial charge in [-0.15, -0.1) is 0 Å². The molecule has 5 rings (SSSR count). The summed E-state index contributed by atoms with van der Waals surface area (Å²) in [5.41, 5.74) is 4.33. The third-order valence-corrected chi connectivity index (χ3v) is 8.51. The van der Waals surface area contributed by atoms with Crippen molar-refractivity contribution in [2.45, 2.75) is 52.1 Å². The van der Waals surface area contributed by atoms with Crippen molar-refractivity contribution in [2.75, 3.05) is 37.6 Å². The molecule has 5 atom stereocenters. The summed E-state index contributed by atoms with van der Waals surface area (Å²) in [6, 6.07) is 8.77. The van der Waals surface area contributed by atoms with Gasteiger partial charge in [-0.3, -0.25) is 9.69 Å². The molecule has 1 aromatic carbocycles. The van der Waals surface area contributed by atoms with E-state index in [1.54, 1.807) is 0 Å². The highest BCUT2D eigenvalue weighted by atomic mass is 16.6. The van der Waals surface area contributed by atoms with Gasteiger partial charge in [0, 0.05) is 44.3 Å². The molecule has 0 radical (unpaired) electrons. The monoisotopic (exact) mass is 408 g/mol. The number of aryl methyl sites for hydroxylation is 1. The molecule has 0 bridgehead atoms. The van der Waals surface area contributed by atoms with Crippen LogP contribution in [0, 0.1) is 30.1 Å². The largest absolute Gasteiger partial charge is 0.462 e. The number of piperazine rings is 1. The lowest BCUT2D eigenvalue weighted by Gasteiger charge is -2.50. The lowest BCUT2D eigenvalue weighted by atomic mass is 9.55. The molecule has 2 aliphatic heterocycles. The number of carbonyl (C=O) groups excluding carboxylic acids is 1. The number of rotatable bonds is 3. The maximum Gasteiger partial charge on any atom is 0.310 e. The SMILES string of the molecule is C=C1CCC[C@]2(C)C[C@H]3OC(=O)[C@@H](CN4CCN(c5cccc(C)c5)CC4)[C@@H]3C[C@@H]12. The minimum Gasteiger partial charge on any atom is -0.462 e. The molecule has 2 heterocycles. The zero-order valence-electron chi connectivity index (χ0n) is 18.6. The van der Waals surface area contributed by atoms with Crippen molar-refractivity contribution in [1.29, 1.82) is 0 Å². The van der Waals surface area contributed by atoms with E-state index in [0.717, 1.165) is 52.0 Å². The van der Waals surface area contributed by atoms with Crippen molar-refractivity contribution in [3.63, 3.8) is 0 Å². The highest BCUT2D eigenvalue weighted by Crippen LogP contribution is 2.56. The van der Waals surface area contributed by atoms with Crippen LogP contribution in [0.5, 0.6) is 0 Å². The van der Waals surface area contributed by atoms with Gasteiger partial charge in [0.15, 0.2) is 0 Å². The number of allylic oxidation sites excluding steroid dienone is 1. The Morgan fingerprint density at radius 2 is 2.03 bits per heavy atom. The van der Waals surface area contributed by atoms with Gasteiger partial charge in [0.05, 0.1) is 5.92 Å². The molecule has 0 unspecified atom stereocenters. The van der Waals surface area contributed by atoms with Crippen LogP contribution in [-0.2, 0) is 9.53 Å². The standard InChI is InChI=1S/C26H36N2O2/c1-18-6-4-8-20(14-18)28-12-10-27(11-13-28)17-22-21-15-23-19(2)7-5-9-26(23,3)16-24(21)30-25(22)29/h4,6,8,14,21-24H,2,5,7,9-13,15-17H2,1,3H3/t21-,22-,23-,24+,26+/m0/s1. The Morgan fingerprint density at radius 3 is 2.80 bits per heavy atom. The molecule has 4 aliphatic rings. The number of benzene rings is 1. The van der Waals surface area contributed by atoms with E-state index in [9.17, 15) is 4.79 Å². The number of esters is 1. The first-order chi connectivity index (χ1) is 14.4. The molecule has 4 fully saturated rings. The Hall–Kier alpha value is -1.81. The normalized spacial score (nSPS) is 36.9. The molecule has 4 nitrogen and oxygen atoms in total. The Morgan fingerprint density at radius 1 is 1.23 bits per heavy atom.